The number of nitrogens with one attached hydrogen (secondary N) is 1. The van der Waals surface area contributed by atoms with Crippen molar-refractivity contribution in [3.05, 3.63) is 42.1 Å². The fourth-order valence-electron chi connectivity index (χ4n) is 3.22. The zero-order valence-corrected chi connectivity index (χ0v) is 18.3. The Kier molecular flexibility index (Phi) is 7.02. The number of carbonyl (C=O) groups excluding carboxylic acids is 1. The normalized spacial score (nSPS) is 10.5. The van der Waals surface area contributed by atoms with E-state index in [-0.39, 0.29) is 6.61 Å². The molecule has 1 N–H and O–H groups in total. The highest BCUT2D eigenvalue weighted by atomic mass is 16.5. The van der Waals surface area contributed by atoms with Gasteiger partial charge in [-0.25, -0.2) is 4.79 Å². The molecule has 0 bridgehead atoms. The topological polar surface area (TPSA) is 88.1 Å². The van der Waals surface area contributed by atoms with Crippen LogP contribution in [0.25, 0.3) is 10.9 Å². The molecular formula is C23H26N2O6. The minimum atomic E-state index is -0.478. The summed E-state index contributed by atoms with van der Waals surface area (Å²) in [7, 11) is 4.63. The SMILES string of the molecule is CCOC(=O)c1cnc2ccc(OCC)cc2c1Nc1cc(OC)c(OC)c(OC)c1. The summed E-state index contributed by atoms with van der Waals surface area (Å²) in [5, 5.41) is 4.03. The first-order valence-corrected chi connectivity index (χ1v) is 9.85. The second kappa shape index (κ2) is 9.88. The van der Waals surface area contributed by atoms with Crippen LogP contribution in [0.15, 0.2) is 36.5 Å². The smallest absolute Gasteiger partial charge is 0.341 e. The lowest BCUT2D eigenvalue weighted by atomic mass is 10.1. The van der Waals surface area contributed by atoms with Crippen molar-refractivity contribution in [2.24, 2.45) is 0 Å². The summed E-state index contributed by atoms with van der Waals surface area (Å²) >= 11 is 0. The fourth-order valence-corrected chi connectivity index (χ4v) is 3.22. The molecule has 0 spiro atoms. The molecule has 2 aromatic carbocycles. The molecule has 0 amide bonds. The predicted molar refractivity (Wildman–Crippen MR) is 118 cm³/mol. The van der Waals surface area contributed by atoms with Crippen molar-refractivity contribution in [1.82, 2.24) is 4.98 Å². The average Bonchev–Trinajstić information content (AvgIpc) is 2.78. The lowest BCUT2D eigenvalue weighted by Crippen LogP contribution is -2.09. The molecular weight excluding hydrogens is 400 g/mol. The van der Waals surface area contributed by atoms with Gasteiger partial charge in [0.1, 0.15) is 11.3 Å². The molecule has 8 nitrogen and oxygen atoms in total. The monoisotopic (exact) mass is 426 g/mol. The Morgan fingerprint density at radius 2 is 1.68 bits per heavy atom. The van der Waals surface area contributed by atoms with Gasteiger partial charge in [-0.05, 0) is 32.0 Å². The molecule has 0 radical (unpaired) electrons. The Bertz CT molecular complexity index is 1060. The van der Waals surface area contributed by atoms with Crippen molar-refractivity contribution in [2.75, 3.05) is 39.9 Å². The van der Waals surface area contributed by atoms with Crippen molar-refractivity contribution in [1.29, 1.82) is 0 Å². The second-order valence-electron chi connectivity index (χ2n) is 6.42. The second-order valence-corrected chi connectivity index (χ2v) is 6.42. The lowest BCUT2D eigenvalue weighted by Gasteiger charge is -2.18. The Labute approximate surface area is 181 Å². The van der Waals surface area contributed by atoms with Crippen molar-refractivity contribution in [3.8, 4) is 23.0 Å². The van der Waals surface area contributed by atoms with Gasteiger partial charge >= 0.3 is 5.97 Å². The molecule has 164 valence electrons. The molecule has 1 heterocycles. The number of esters is 1. The number of aromatic nitrogens is 1. The summed E-state index contributed by atoms with van der Waals surface area (Å²) in [5.41, 5.74) is 2.18. The minimum Gasteiger partial charge on any atom is -0.494 e. The van der Waals surface area contributed by atoms with Gasteiger partial charge in [-0.1, -0.05) is 0 Å². The summed E-state index contributed by atoms with van der Waals surface area (Å²) in [6.45, 7) is 4.43. The van der Waals surface area contributed by atoms with Crippen molar-refractivity contribution >= 4 is 28.2 Å². The standard InChI is InChI=1S/C23H26N2O6/c1-6-30-15-8-9-18-16(12-15)21(17(13-24-18)23(26)31-7-2)25-14-10-19(27-3)22(29-5)20(11-14)28-4/h8-13H,6-7H2,1-5H3,(H,24,25). The van der Waals surface area contributed by atoms with E-state index < -0.39 is 5.97 Å². The van der Waals surface area contributed by atoms with E-state index in [2.05, 4.69) is 10.3 Å². The van der Waals surface area contributed by atoms with Crippen LogP contribution in [0, 0.1) is 0 Å². The maximum atomic E-state index is 12.7. The van der Waals surface area contributed by atoms with E-state index in [0.717, 1.165) is 0 Å². The van der Waals surface area contributed by atoms with E-state index >= 15 is 0 Å². The average molecular weight is 426 g/mol. The van der Waals surface area contributed by atoms with Gasteiger partial charge in [0.15, 0.2) is 11.5 Å². The predicted octanol–water partition coefficient (Wildman–Crippen LogP) is 4.58. The molecule has 0 aliphatic carbocycles. The number of pyridine rings is 1. The van der Waals surface area contributed by atoms with Crippen LogP contribution in [0.5, 0.6) is 23.0 Å². The van der Waals surface area contributed by atoms with Gasteiger partial charge in [0.2, 0.25) is 5.75 Å². The Balaban J connectivity index is 2.20. The maximum absolute atomic E-state index is 12.7. The lowest BCUT2D eigenvalue weighted by molar-refractivity contribution is 0.0527. The van der Waals surface area contributed by atoms with E-state index in [1.165, 1.54) is 13.3 Å². The van der Waals surface area contributed by atoms with Crippen LogP contribution in [-0.2, 0) is 4.74 Å². The van der Waals surface area contributed by atoms with Crippen LogP contribution in [0.4, 0.5) is 11.4 Å². The number of fused-ring (bicyclic) bond motifs is 1. The van der Waals surface area contributed by atoms with Crippen LogP contribution >= 0.6 is 0 Å². The number of rotatable bonds is 9. The summed E-state index contributed by atoms with van der Waals surface area (Å²) in [6, 6.07) is 9.04. The largest absolute Gasteiger partial charge is 0.494 e. The molecule has 0 unspecified atom stereocenters. The summed E-state index contributed by atoms with van der Waals surface area (Å²) in [6.07, 6.45) is 1.50. The number of hydrogen-bond donors (Lipinski definition) is 1. The highest BCUT2D eigenvalue weighted by Crippen LogP contribution is 2.41. The third kappa shape index (κ3) is 4.58. The van der Waals surface area contributed by atoms with Crippen LogP contribution < -0.4 is 24.3 Å². The van der Waals surface area contributed by atoms with Gasteiger partial charge in [0.05, 0.1) is 45.7 Å². The first-order valence-electron chi connectivity index (χ1n) is 9.85. The summed E-state index contributed by atoms with van der Waals surface area (Å²) in [4.78, 5) is 17.1. The molecule has 8 heteroatoms. The summed E-state index contributed by atoms with van der Waals surface area (Å²) < 4.78 is 27.2. The van der Waals surface area contributed by atoms with E-state index in [4.69, 9.17) is 23.7 Å². The molecule has 0 saturated carbocycles. The summed E-state index contributed by atoms with van der Waals surface area (Å²) in [5.74, 6) is 1.63. The highest BCUT2D eigenvalue weighted by Gasteiger charge is 2.20. The van der Waals surface area contributed by atoms with Gasteiger partial charge < -0.3 is 29.0 Å². The third-order valence-corrected chi connectivity index (χ3v) is 4.58. The van der Waals surface area contributed by atoms with E-state index in [1.807, 2.05) is 25.1 Å². The zero-order chi connectivity index (χ0) is 22.4. The Hall–Kier alpha value is -3.68. The van der Waals surface area contributed by atoms with Crippen LogP contribution in [0.1, 0.15) is 24.2 Å². The molecule has 3 rings (SSSR count). The Morgan fingerprint density at radius 1 is 0.968 bits per heavy atom. The molecule has 0 saturated heterocycles. The first kappa shape index (κ1) is 22.0. The fraction of sp³-hybridized carbons (Fsp3) is 0.304. The molecule has 1 aromatic heterocycles. The van der Waals surface area contributed by atoms with Gasteiger partial charge in [-0.2, -0.15) is 0 Å². The molecule has 3 aromatic rings. The maximum Gasteiger partial charge on any atom is 0.341 e. The molecule has 0 atom stereocenters. The van der Waals surface area contributed by atoms with E-state index in [0.29, 0.717) is 57.4 Å². The van der Waals surface area contributed by atoms with Crippen LogP contribution in [0.3, 0.4) is 0 Å². The van der Waals surface area contributed by atoms with Crippen molar-refractivity contribution in [2.45, 2.75) is 13.8 Å². The van der Waals surface area contributed by atoms with Crippen LogP contribution in [0.2, 0.25) is 0 Å². The molecule has 0 aliphatic rings. The van der Waals surface area contributed by atoms with E-state index in [9.17, 15) is 4.79 Å². The van der Waals surface area contributed by atoms with Crippen LogP contribution in [-0.4, -0.2) is 45.5 Å². The van der Waals surface area contributed by atoms with Crippen molar-refractivity contribution in [3.63, 3.8) is 0 Å². The number of hydrogen-bond acceptors (Lipinski definition) is 8. The molecule has 0 aliphatic heterocycles. The number of benzene rings is 2. The molecule has 31 heavy (non-hydrogen) atoms. The number of carbonyl (C=O) groups is 1. The quantitative estimate of drug-likeness (QED) is 0.498. The number of ether oxygens (including phenoxy) is 5. The number of methoxy groups -OCH3 is 3. The number of nitrogens with zero attached hydrogens (tertiary/aromatic N) is 1. The van der Waals surface area contributed by atoms with Gasteiger partial charge in [0, 0.05) is 29.4 Å². The first-order chi connectivity index (χ1) is 15.1. The van der Waals surface area contributed by atoms with Gasteiger partial charge in [0.25, 0.3) is 0 Å². The number of anilines is 2. The third-order valence-electron chi connectivity index (χ3n) is 4.58. The van der Waals surface area contributed by atoms with E-state index in [1.54, 1.807) is 33.3 Å². The minimum absolute atomic E-state index is 0.249. The van der Waals surface area contributed by atoms with Crippen molar-refractivity contribution < 1.29 is 28.5 Å². The van der Waals surface area contributed by atoms with Gasteiger partial charge in [-0.3, -0.25) is 4.98 Å². The Morgan fingerprint density at radius 3 is 2.26 bits per heavy atom. The van der Waals surface area contributed by atoms with Gasteiger partial charge in [-0.15, -0.1) is 0 Å². The highest BCUT2D eigenvalue weighted by molar-refractivity contribution is 6.06. The molecule has 0 fully saturated rings. The zero-order valence-electron chi connectivity index (χ0n) is 18.3.